The minimum absolute atomic E-state index is 0.0153. The number of hydrogen-bond donors (Lipinski definition) is 1. The molecular formula is C32H42N6O3. The summed E-state index contributed by atoms with van der Waals surface area (Å²) in [7, 11) is 1.78. The third-order valence-electron chi connectivity index (χ3n) is 8.21. The molecule has 2 aliphatic rings. The zero-order chi connectivity index (χ0) is 29.1. The number of rotatable bonds is 7. The van der Waals surface area contributed by atoms with Crippen molar-refractivity contribution in [1.82, 2.24) is 24.3 Å². The molecule has 5 rings (SSSR count). The third kappa shape index (κ3) is 6.52. The Balaban J connectivity index is 1.54. The van der Waals surface area contributed by atoms with Gasteiger partial charge in [-0.2, -0.15) is 0 Å². The van der Waals surface area contributed by atoms with Gasteiger partial charge in [-0.05, 0) is 88.8 Å². The quantitative estimate of drug-likeness (QED) is 0.412. The number of allylic oxidation sites excluding steroid dienone is 1. The predicted molar refractivity (Wildman–Crippen MR) is 161 cm³/mol. The van der Waals surface area contributed by atoms with Gasteiger partial charge in [0, 0.05) is 56.8 Å². The molecule has 2 aliphatic heterocycles. The number of hydrogen-bond acceptors (Lipinski definition) is 6. The highest BCUT2D eigenvalue weighted by Crippen LogP contribution is 2.33. The predicted octanol–water partition coefficient (Wildman–Crippen LogP) is 4.96. The number of pyridine rings is 1. The lowest BCUT2D eigenvalue weighted by Crippen LogP contribution is -2.34. The fourth-order valence-electron chi connectivity index (χ4n) is 6.35. The van der Waals surface area contributed by atoms with Gasteiger partial charge in [-0.25, -0.2) is 4.98 Å². The molecule has 218 valence electrons. The summed E-state index contributed by atoms with van der Waals surface area (Å²) in [6.45, 7) is 11.8. The monoisotopic (exact) mass is 558 g/mol. The van der Waals surface area contributed by atoms with Crippen LogP contribution in [0.25, 0.3) is 11.0 Å². The van der Waals surface area contributed by atoms with Gasteiger partial charge in [-0.15, -0.1) is 0 Å². The Morgan fingerprint density at radius 2 is 1.80 bits per heavy atom. The number of nitrogens with zero attached hydrogens (tertiary/aromatic N) is 5. The normalized spacial score (nSPS) is 20.2. The Kier molecular flexibility index (Phi) is 8.85. The van der Waals surface area contributed by atoms with Crippen LogP contribution in [0, 0.1) is 20.8 Å². The molecule has 0 spiro atoms. The first-order valence-electron chi connectivity index (χ1n) is 14.7. The van der Waals surface area contributed by atoms with Crippen LogP contribution in [0.5, 0.6) is 0 Å². The van der Waals surface area contributed by atoms with Crippen molar-refractivity contribution in [3.05, 3.63) is 64.5 Å². The molecule has 0 aliphatic carbocycles. The lowest BCUT2D eigenvalue weighted by Gasteiger charge is -2.26. The molecule has 1 aromatic carbocycles. The van der Waals surface area contributed by atoms with Gasteiger partial charge >= 0.3 is 0 Å². The van der Waals surface area contributed by atoms with E-state index in [1.807, 2.05) is 25.7 Å². The first-order valence-corrected chi connectivity index (χ1v) is 14.7. The van der Waals surface area contributed by atoms with Crippen LogP contribution >= 0.6 is 0 Å². The zero-order valence-corrected chi connectivity index (χ0v) is 24.9. The number of methoxy groups -OCH3 is 1. The molecule has 41 heavy (non-hydrogen) atoms. The van der Waals surface area contributed by atoms with Gasteiger partial charge in [0.05, 0.1) is 23.2 Å². The number of likely N-dealkylation sites (tertiary alicyclic amines) is 2. The van der Waals surface area contributed by atoms with E-state index in [0.29, 0.717) is 18.1 Å². The summed E-state index contributed by atoms with van der Waals surface area (Å²) >= 11 is 0. The number of fused-ring (bicyclic) bond motifs is 1. The summed E-state index contributed by atoms with van der Waals surface area (Å²) in [5.74, 6) is 0.325. The number of amides is 2. The van der Waals surface area contributed by atoms with Crippen LogP contribution in [-0.2, 0) is 16.1 Å². The lowest BCUT2D eigenvalue weighted by atomic mass is 10.1. The van der Waals surface area contributed by atoms with Crippen LogP contribution < -0.4 is 5.32 Å². The summed E-state index contributed by atoms with van der Waals surface area (Å²) < 4.78 is 7.74. The van der Waals surface area contributed by atoms with Crippen molar-refractivity contribution in [2.45, 2.75) is 72.1 Å². The number of ether oxygens (including phenoxy) is 1. The van der Waals surface area contributed by atoms with Gasteiger partial charge in [0.1, 0.15) is 0 Å². The minimum Gasteiger partial charge on any atom is -0.380 e. The fraction of sp³-hybridized carbons (Fsp3) is 0.500. The Labute approximate surface area is 242 Å². The SMILES string of the molecule is C/C=C/C(=O)N1CCCC[C@@H](n2c(NC(=O)c3cc(C)nc(C)c3)nc3cc(CN4CC[C@H](OC)C4)cc(C)c32)C1. The highest BCUT2D eigenvalue weighted by atomic mass is 16.5. The van der Waals surface area contributed by atoms with E-state index >= 15 is 0 Å². The van der Waals surface area contributed by atoms with Gasteiger partial charge in [-0.1, -0.05) is 12.1 Å². The Morgan fingerprint density at radius 1 is 1.02 bits per heavy atom. The maximum atomic E-state index is 13.5. The summed E-state index contributed by atoms with van der Waals surface area (Å²) in [6.07, 6.45) is 7.59. The van der Waals surface area contributed by atoms with Crippen molar-refractivity contribution < 1.29 is 14.3 Å². The van der Waals surface area contributed by atoms with E-state index in [-0.39, 0.29) is 24.0 Å². The second-order valence-electron chi connectivity index (χ2n) is 11.5. The van der Waals surface area contributed by atoms with E-state index in [0.717, 1.165) is 79.8 Å². The summed E-state index contributed by atoms with van der Waals surface area (Å²) in [6, 6.07) is 7.96. The van der Waals surface area contributed by atoms with Crippen molar-refractivity contribution in [3.63, 3.8) is 0 Å². The highest BCUT2D eigenvalue weighted by Gasteiger charge is 2.28. The van der Waals surface area contributed by atoms with E-state index in [2.05, 4.69) is 38.8 Å². The number of anilines is 1. The molecule has 4 heterocycles. The number of carbonyl (C=O) groups is 2. The van der Waals surface area contributed by atoms with Gasteiger partial charge in [-0.3, -0.25) is 24.8 Å². The molecule has 2 amide bonds. The number of aryl methyl sites for hydroxylation is 3. The minimum atomic E-state index is -0.217. The summed E-state index contributed by atoms with van der Waals surface area (Å²) in [5.41, 5.74) is 6.31. The van der Waals surface area contributed by atoms with Crippen LogP contribution in [0.1, 0.15) is 71.5 Å². The first kappa shape index (κ1) is 29.0. The van der Waals surface area contributed by atoms with E-state index in [9.17, 15) is 9.59 Å². The van der Waals surface area contributed by atoms with Crippen LogP contribution in [0.2, 0.25) is 0 Å². The molecule has 3 aromatic rings. The summed E-state index contributed by atoms with van der Waals surface area (Å²) in [5, 5.41) is 3.13. The molecule has 0 unspecified atom stereocenters. The van der Waals surface area contributed by atoms with E-state index in [1.54, 1.807) is 31.4 Å². The lowest BCUT2D eigenvalue weighted by molar-refractivity contribution is -0.126. The largest absolute Gasteiger partial charge is 0.380 e. The second kappa shape index (κ2) is 12.5. The number of carbonyl (C=O) groups excluding carboxylic acids is 2. The molecule has 2 aromatic heterocycles. The molecule has 0 saturated carbocycles. The van der Waals surface area contributed by atoms with Gasteiger partial charge in [0.25, 0.3) is 5.91 Å². The number of benzene rings is 1. The van der Waals surface area contributed by atoms with Crippen molar-refractivity contribution in [1.29, 1.82) is 0 Å². The van der Waals surface area contributed by atoms with E-state index in [1.165, 1.54) is 5.56 Å². The molecule has 0 radical (unpaired) electrons. The van der Waals surface area contributed by atoms with E-state index in [4.69, 9.17) is 9.72 Å². The van der Waals surface area contributed by atoms with Crippen LogP contribution in [0.15, 0.2) is 36.4 Å². The molecule has 1 N–H and O–H groups in total. The highest BCUT2D eigenvalue weighted by molar-refractivity contribution is 6.04. The van der Waals surface area contributed by atoms with Gasteiger partial charge in [0.2, 0.25) is 11.9 Å². The maximum Gasteiger partial charge on any atom is 0.258 e. The fourth-order valence-corrected chi connectivity index (χ4v) is 6.35. The average Bonchev–Trinajstić information content (AvgIpc) is 3.44. The molecule has 9 heteroatoms. The zero-order valence-electron chi connectivity index (χ0n) is 24.9. The third-order valence-corrected chi connectivity index (χ3v) is 8.21. The number of aromatic nitrogens is 3. The number of imidazole rings is 1. The Hall–Kier alpha value is -3.56. The van der Waals surface area contributed by atoms with Crippen molar-refractivity contribution in [3.8, 4) is 0 Å². The molecule has 2 atom stereocenters. The molecule has 9 nitrogen and oxygen atoms in total. The molecule has 0 bridgehead atoms. The van der Waals surface area contributed by atoms with Crippen molar-refractivity contribution >= 4 is 28.8 Å². The molecule has 2 saturated heterocycles. The summed E-state index contributed by atoms with van der Waals surface area (Å²) in [4.78, 5) is 40.2. The van der Waals surface area contributed by atoms with Crippen molar-refractivity contribution in [2.24, 2.45) is 0 Å². The van der Waals surface area contributed by atoms with Crippen LogP contribution in [0.4, 0.5) is 5.95 Å². The van der Waals surface area contributed by atoms with Gasteiger partial charge in [0.15, 0.2) is 0 Å². The van der Waals surface area contributed by atoms with E-state index < -0.39 is 0 Å². The van der Waals surface area contributed by atoms with Gasteiger partial charge < -0.3 is 14.2 Å². The maximum absolute atomic E-state index is 13.5. The average molecular weight is 559 g/mol. The first-order chi connectivity index (χ1) is 19.7. The second-order valence-corrected chi connectivity index (χ2v) is 11.5. The Bertz CT molecular complexity index is 1440. The van der Waals surface area contributed by atoms with Crippen molar-refractivity contribution in [2.75, 3.05) is 38.6 Å². The number of nitrogens with one attached hydrogen (secondary N) is 1. The molecular weight excluding hydrogens is 516 g/mol. The van der Waals surface area contributed by atoms with Crippen LogP contribution in [-0.4, -0.2) is 75.5 Å². The van der Waals surface area contributed by atoms with Crippen LogP contribution in [0.3, 0.4) is 0 Å². The standard InChI is InChI=1S/C32H42N6O3/c1-6-9-29(39)37-12-8-7-10-26(19-37)38-30-21(2)14-24(18-36-13-11-27(20-36)41-5)17-28(30)34-32(38)35-31(40)25-15-22(3)33-23(4)16-25/h6,9,14-17,26-27H,7-8,10-13,18-20H2,1-5H3,(H,34,35,40)/b9-6+/t26-,27+/m1/s1. The Morgan fingerprint density at radius 3 is 2.51 bits per heavy atom. The smallest absolute Gasteiger partial charge is 0.258 e. The molecule has 2 fully saturated rings. The topological polar surface area (TPSA) is 92.6 Å².